The van der Waals surface area contributed by atoms with Gasteiger partial charge in [-0.15, -0.1) is 0 Å². The highest BCUT2D eigenvalue weighted by Gasteiger charge is 2.17. The summed E-state index contributed by atoms with van der Waals surface area (Å²) in [5.74, 6) is 0.790. The predicted molar refractivity (Wildman–Crippen MR) is 109 cm³/mol. The summed E-state index contributed by atoms with van der Waals surface area (Å²) < 4.78 is 5.68. The number of nitrogens with zero attached hydrogens (tertiary/aromatic N) is 1. The van der Waals surface area contributed by atoms with Crippen molar-refractivity contribution >= 4 is 5.91 Å². The van der Waals surface area contributed by atoms with E-state index < -0.39 is 0 Å². The van der Waals surface area contributed by atoms with Crippen LogP contribution in [0, 0.1) is 0 Å². The Kier molecular flexibility index (Phi) is 6.26. The molecule has 0 heterocycles. The second kappa shape index (κ2) is 9.04. The zero-order valence-electron chi connectivity index (χ0n) is 15.8. The van der Waals surface area contributed by atoms with Crippen LogP contribution in [0.25, 0.3) is 0 Å². The molecule has 3 aromatic rings. The summed E-state index contributed by atoms with van der Waals surface area (Å²) in [6.07, 6.45) is 0.110. The number of benzene rings is 3. The van der Waals surface area contributed by atoms with Crippen LogP contribution in [0.1, 0.15) is 35.3 Å². The van der Waals surface area contributed by atoms with E-state index in [1.807, 2.05) is 104 Å². The van der Waals surface area contributed by atoms with Crippen LogP contribution in [0.3, 0.4) is 0 Å². The van der Waals surface area contributed by atoms with Crippen LogP contribution in [-0.4, -0.2) is 16.9 Å². The van der Waals surface area contributed by atoms with Crippen molar-refractivity contribution in [3.63, 3.8) is 0 Å². The molecule has 0 aliphatic heterocycles. The fourth-order valence-electron chi connectivity index (χ4n) is 2.94. The second-order valence-electron chi connectivity index (χ2n) is 6.82. The number of rotatable bonds is 7. The quantitative estimate of drug-likeness (QED) is 0.572. The maximum absolute atomic E-state index is 13.2. The molecule has 138 valence electrons. The van der Waals surface area contributed by atoms with E-state index >= 15 is 0 Å². The van der Waals surface area contributed by atoms with Crippen LogP contribution in [0.2, 0.25) is 0 Å². The highest BCUT2D eigenvalue weighted by Crippen LogP contribution is 2.18. The van der Waals surface area contributed by atoms with Gasteiger partial charge < -0.3 is 9.64 Å². The number of carbonyl (C=O) groups excluding carboxylic acids is 1. The van der Waals surface area contributed by atoms with E-state index in [1.165, 1.54) is 0 Å². The zero-order chi connectivity index (χ0) is 19.1. The van der Waals surface area contributed by atoms with Gasteiger partial charge >= 0.3 is 0 Å². The number of amides is 1. The van der Waals surface area contributed by atoms with Gasteiger partial charge in [-0.05, 0) is 49.2 Å². The molecule has 0 aliphatic rings. The zero-order valence-corrected chi connectivity index (χ0v) is 15.8. The number of hydrogen-bond donors (Lipinski definition) is 0. The highest BCUT2D eigenvalue weighted by molar-refractivity contribution is 5.94. The van der Waals surface area contributed by atoms with E-state index in [1.54, 1.807) is 0 Å². The van der Waals surface area contributed by atoms with Crippen molar-refractivity contribution in [1.82, 2.24) is 4.90 Å². The molecule has 0 saturated heterocycles. The first-order valence-corrected chi connectivity index (χ1v) is 9.25. The van der Waals surface area contributed by atoms with Crippen molar-refractivity contribution in [1.29, 1.82) is 0 Å². The third-order valence-electron chi connectivity index (χ3n) is 4.19. The third-order valence-corrected chi connectivity index (χ3v) is 4.19. The minimum Gasteiger partial charge on any atom is -0.491 e. The fraction of sp³-hybridized carbons (Fsp3) is 0.208. The van der Waals surface area contributed by atoms with Gasteiger partial charge in [0.05, 0.1) is 6.10 Å². The van der Waals surface area contributed by atoms with Gasteiger partial charge in [0, 0.05) is 18.7 Å². The van der Waals surface area contributed by atoms with Gasteiger partial charge in [0.2, 0.25) is 0 Å². The van der Waals surface area contributed by atoms with Crippen molar-refractivity contribution in [3.8, 4) is 5.75 Å². The monoisotopic (exact) mass is 359 g/mol. The lowest BCUT2D eigenvalue weighted by molar-refractivity contribution is 0.0730. The predicted octanol–water partition coefficient (Wildman–Crippen LogP) is 5.32. The summed E-state index contributed by atoms with van der Waals surface area (Å²) in [4.78, 5) is 15.1. The average molecular weight is 359 g/mol. The molecule has 0 unspecified atom stereocenters. The minimum atomic E-state index is 0.0128. The van der Waals surface area contributed by atoms with Crippen molar-refractivity contribution < 1.29 is 9.53 Å². The molecular formula is C24H25NO2. The number of ether oxygens (including phenoxy) is 1. The molecular weight excluding hydrogens is 334 g/mol. The molecule has 0 bridgehead atoms. The summed E-state index contributed by atoms with van der Waals surface area (Å²) in [5.41, 5.74) is 2.89. The number of carbonyl (C=O) groups is 1. The summed E-state index contributed by atoms with van der Waals surface area (Å²) in [7, 11) is 0. The Labute approximate surface area is 161 Å². The maximum atomic E-state index is 13.2. The normalized spacial score (nSPS) is 10.6. The largest absolute Gasteiger partial charge is 0.491 e. The Hall–Kier alpha value is -3.07. The Morgan fingerprint density at radius 3 is 1.70 bits per heavy atom. The van der Waals surface area contributed by atoms with Gasteiger partial charge in [0.25, 0.3) is 5.91 Å². The molecule has 1 amide bonds. The smallest absolute Gasteiger partial charge is 0.254 e. The van der Waals surface area contributed by atoms with Crippen LogP contribution in [0.5, 0.6) is 5.75 Å². The molecule has 0 aromatic heterocycles. The Morgan fingerprint density at radius 1 is 0.778 bits per heavy atom. The van der Waals surface area contributed by atoms with Crippen LogP contribution < -0.4 is 4.74 Å². The topological polar surface area (TPSA) is 29.5 Å². The lowest BCUT2D eigenvalue weighted by Crippen LogP contribution is -2.30. The first-order valence-electron chi connectivity index (χ1n) is 9.25. The standard InChI is InChI=1S/C24H25NO2/c1-19(2)27-23-15-13-22(14-16-23)24(26)25(17-20-9-5-3-6-10-20)18-21-11-7-4-8-12-21/h3-16,19H,17-18H2,1-2H3. The van der Waals surface area contributed by atoms with E-state index in [2.05, 4.69) is 0 Å². The molecule has 0 aliphatic carbocycles. The third kappa shape index (κ3) is 5.45. The van der Waals surface area contributed by atoms with Crippen molar-refractivity contribution in [2.75, 3.05) is 0 Å². The van der Waals surface area contributed by atoms with Crippen LogP contribution in [-0.2, 0) is 13.1 Å². The molecule has 27 heavy (non-hydrogen) atoms. The average Bonchev–Trinajstić information content (AvgIpc) is 2.69. The van der Waals surface area contributed by atoms with Gasteiger partial charge in [-0.2, -0.15) is 0 Å². The summed E-state index contributed by atoms with van der Waals surface area (Å²) in [5, 5.41) is 0. The summed E-state index contributed by atoms with van der Waals surface area (Å²) in [6, 6.07) is 27.5. The Balaban J connectivity index is 1.81. The SMILES string of the molecule is CC(C)Oc1ccc(C(=O)N(Cc2ccccc2)Cc2ccccc2)cc1. The minimum absolute atomic E-state index is 0.0128. The van der Waals surface area contributed by atoms with Gasteiger partial charge in [-0.1, -0.05) is 60.7 Å². The fourth-order valence-corrected chi connectivity index (χ4v) is 2.94. The molecule has 0 saturated carbocycles. The first kappa shape index (κ1) is 18.7. The highest BCUT2D eigenvalue weighted by atomic mass is 16.5. The molecule has 0 atom stereocenters. The van der Waals surface area contributed by atoms with Gasteiger partial charge in [0.15, 0.2) is 0 Å². The maximum Gasteiger partial charge on any atom is 0.254 e. The van der Waals surface area contributed by atoms with E-state index in [0.717, 1.165) is 16.9 Å². The van der Waals surface area contributed by atoms with Gasteiger partial charge in [-0.25, -0.2) is 0 Å². The number of hydrogen-bond acceptors (Lipinski definition) is 2. The summed E-state index contributed by atoms with van der Waals surface area (Å²) in [6.45, 7) is 5.11. The molecule has 3 rings (SSSR count). The summed E-state index contributed by atoms with van der Waals surface area (Å²) >= 11 is 0. The van der Waals surface area contributed by atoms with Gasteiger partial charge in [-0.3, -0.25) is 4.79 Å². The second-order valence-corrected chi connectivity index (χ2v) is 6.82. The lowest BCUT2D eigenvalue weighted by atomic mass is 10.1. The van der Waals surface area contributed by atoms with Crippen molar-refractivity contribution in [3.05, 3.63) is 102 Å². The first-order chi connectivity index (χ1) is 13.1. The Bertz CT molecular complexity index is 801. The Morgan fingerprint density at radius 2 is 1.26 bits per heavy atom. The molecule has 0 radical (unpaired) electrons. The molecule has 3 aromatic carbocycles. The van der Waals surface area contributed by atoms with Crippen LogP contribution in [0.15, 0.2) is 84.9 Å². The molecule has 0 N–H and O–H groups in total. The van der Waals surface area contributed by atoms with E-state index in [9.17, 15) is 4.79 Å². The lowest BCUT2D eigenvalue weighted by Gasteiger charge is -2.23. The van der Waals surface area contributed by atoms with Crippen molar-refractivity contribution in [2.45, 2.75) is 33.0 Å². The van der Waals surface area contributed by atoms with E-state index in [4.69, 9.17) is 4.74 Å². The van der Waals surface area contributed by atoms with Crippen LogP contribution >= 0.6 is 0 Å². The van der Waals surface area contributed by atoms with Crippen LogP contribution in [0.4, 0.5) is 0 Å². The molecule has 0 spiro atoms. The van der Waals surface area contributed by atoms with Crippen molar-refractivity contribution in [2.24, 2.45) is 0 Å². The van der Waals surface area contributed by atoms with E-state index in [0.29, 0.717) is 18.7 Å². The molecule has 0 fully saturated rings. The molecule has 3 nitrogen and oxygen atoms in total. The van der Waals surface area contributed by atoms with Gasteiger partial charge in [0.1, 0.15) is 5.75 Å². The molecule has 3 heteroatoms. The van der Waals surface area contributed by atoms with E-state index in [-0.39, 0.29) is 12.0 Å².